The van der Waals surface area contributed by atoms with Gasteiger partial charge in [-0.3, -0.25) is 33.6 Å². The second-order valence-electron chi connectivity index (χ2n) is 15.5. The van der Waals surface area contributed by atoms with E-state index in [1.807, 2.05) is 0 Å². The summed E-state index contributed by atoms with van der Waals surface area (Å²) >= 11 is 0. The standard InChI is InChI=1S/C37H56N8O15/c1-4-60-25-8-17(5-6-22(25)49)7-23(50)28-34(56)43-29(24(51)11-26(39)52)37(59)45-13-15(2)31(53)30(45)35(57)40-12-18(47)9-20(38)32(54)41-27(16(3)46)36(58)44-14-19(48)10-21(44)33(55)42-28/h5-6,8,15-16,18-21,23-24,27-31,46-51,53H,4,7,9-14,38H2,1-3H3,(H2,39,52)(H,40,57)(H,41,54)(H,42,55)(H,43,56)/t15-,16+,18+,19+,20?,21-,23+,24+,27-,28-,29-,30-,31-/m0/s1. The van der Waals surface area contributed by atoms with Crippen molar-refractivity contribution in [2.45, 2.75) is 119 Å². The van der Waals surface area contributed by atoms with E-state index in [9.17, 15) is 69.3 Å². The minimum absolute atomic E-state index is 0.0211. The number of β-amino-alcohol motifs (C(OH)–C–C–N with tert-alkyl or cyclic N) is 1. The fraction of sp³-hybridized carbons (Fsp3) is 0.649. The first-order chi connectivity index (χ1) is 28.1. The highest BCUT2D eigenvalue weighted by Crippen LogP contribution is 2.29. The fourth-order valence-electron chi connectivity index (χ4n) is 7.46. The minimum Gasteiger partial charge on any atom is -0.504 e. The van der Waals surface area contributed by atoms with Crippen LogP contribution in [0.4, 0.5) is 0 Å². The summed E-state index contributed by atoms with van der Waals surface area (Å²) in [5.41, 5.74) is 11.6. The van der Waals surface area contributed by atoms with Gasteiger partial charge in [0, 0.05) is 38.4 Å². The number of amides is 7. The number of aliphatic hydroxyl groups excluding tert-OH is 6. The Morgan fingerprint density at radius 2 is 1.48 bits per heavy atom. The summed E-state index contributed by atoms with van der Waals surface area (Å²) in [4.78, 5) is 96.9. The average molecular weight is 853 g/mol. The SMILES string of the molecule is CCOc1cc(C[C@@H](O)[C@@H]2NC(=O)[C@@H]3C[C@@H](O)CN3C(=O)[C@H]([C@@H](C)O)NC(=O)C(N)C[C@@H](O)CNC(=O)[C@@H]3[C@@H](O)[C@@H](C)CN3C(=O)[C@H]([C@H](O)CC(N)=O)NC2=O)ccc1O. The van der Waals surface area contributed by atoms with Gasteiger partial charge in [0.1, 0.15) is 30.2 Å². The van der Waals surface area contributed by atoms with Crippen LogP contribution in [0.3, 0.4) is 0 Å². The molecule has 3 saturated heterocycles. The maximum absolute atomic E-state index is 14.3. The predicted molar refractivity (Wildman–Crippen MR) is 205 cm³/mol. The van der Waals surface area contributed by atoms with Crippen molar-refractivity contribution in [2.75, 3.05) is 26.2 Å². The molecule has 23 heteroatoms. The molecule has 0 radical (unpaired) electrons. The topological polar surface area (TPSA) is 377 Å². The summed E-state index contributed by atoms with van der Waals surface area (Å²) in [6.07, 6.45) is -12.2. The molecule has 0 aliphatic carbocycles. The molecular formula is C37H56N8O15. The molecular weight excluding hydrogens is 796 g/mol. The van der Waals surface area contributed by atoms with Crippen LogP contribution in [0.5, 0.6) is 11.5 Å². The van der Waals surface area contributed by atoms with Crippen LogP contribution in [0.25, 0.3) is 0 Å². The van der Waals surface area contributed by atoms with Gasteiger partial charge in [-0.1, -0.05) is 13.0 Å². The molecule has 0 bridgehead atoms. The summed E-state index contributed by atoms with van der Waals surface area (Å²) in [6, 6.07) is -6.70. The molecule has 3 fully saturated rings. The van der Waals surface area contributed by atoms with Crippen molar-refractivity contribution in [1.82, 2.24) is 31.1 Å². The van der Waals surface area contributed by atoms with Gasteiger partial charge in [0.25, 0.3) is 0 Å². The zero-order chi connectivity index (χ0) is 44.7. The number of benzene rings is 1. The third kappa shape index (κ3) is 11.3. The van der Waals surface area contributed by atoms with Gasteiger partial charge in [0.05, 0.1) is 55.7 Å². The molecule has 1 aromatic carbocycles. The van der Waals surface area contributed by atoms with Crippen molar-refractivity contribution in [3.8, 4) is 11.5 Å². The maximum Gasteiger partial charge on any atom is 0.248 e. The molecule has 13 atom stereocenters. The Labute approximate surface area is 344 Å². The Bertz CT molecular complexity index is 1770. The highest BCUT2D eigenvalue weighted by molar-refractivity contribution is 5.98. The number of rotatable bonds is 9. The number of primary amides is 1. The number of phenols is 1. The lowest BCUT2D eigenvalue weighted by atomic mass is 9.98. The van der Waals surface area contributed by atoms with Crippen LogP contribution in [-0.4, -0.2) is 186 Å². The van der Waals surface area contributed by atoms with E-state index in [-0.39, 0.29) is 30.2 Å². The number of nitrogens with two attached hydrogens (primary N) is 2. The third-order valence-electron chi connectivity index (χ3n) is 10.7. The first-order valence-electron chi connectivity index (χ1n) is 19.5. The average Bonchev–Trinajstić information content (AvgIpc) is 3.71. The van der Waals surface area contributed by atoms with Crippen LogP contribution in [0.15, 0.2) is 18.2 Å². The number of carbonyl (C=O) groups is 7. The number of fused-ring (bicyclic) bond motifs is 2. The molecule has 3 heterocycles. The van der Waals surface area contributed by atoms with Crippen LogP contribution in [0.1, 0.15) is 45.6 Å². The molecule has 1 aromatic rings. The summed E-state index contributed by atoms with van der Waals surface area (Å²) in [6.45, 7) is 3.10. The van der Waals surface area contributed by atoms with E-state index in [4.69, 9.17) is 16.2 Å². The molecule has 15 N–H and O–H groups in total. The number of hydrogen-bond donors (Lipinski definition) is 13. The Balaban J connectivity index is 1.82. The van der Waals surface area contributed by atoms with Crippen LogP contribution >= 0.6 is 0 Å². The number of hydrogen-bond acceptors (Lipinski definition) is 16. The first kappa shape index (κ1) is 47.5. The molecule has 7 amide bonds. The Hall–Kier alpha value is -5.17. The summed E-state index contributed by atoms with van der Waals surface area (Å²) < 4.78 is 5.41. The highest BCUT2D eigenvalue weighted by Gasteiger charge is 2.49. The number of nitrogens with one attached hydrogen (secondary N) is 4. The normalized spacial score (nSPS) is 31.7. The number of nitrogens with zero attached hydrogens (tertiary/aromatic N) is 2. The molecule has 3 aliphatic rings. The van der Waals surface area contributed by atoms with Crippen LogP contribution in [0, 0.1) is 5.92 Å². The van der Waals surface area contributed by atoms with E-state index in [1.54, 1.807) is 6.92 Å². The summed E-state index contributed by atoms with van der Waals surface area (Å²) in [5, 5.41) is 85.2. The molecule has 23 nitrogen and oxygen atoms in total. The molecule has 0 saturated carbocycles. The molecule has 60 heavy (non-hydrogen) atoms. The fourth-order valence-corrected chi connectivity index (χ4v) is 7.46. The van der Waals surface area contributed by atoms with Gasteiger partial charge >= 0.3 is 0 Å². The van der Waals surface area contributed by atoms with Crippen molar-refractivity contribution in [2.24, 2.45) is 17.4 Å². The van der Waals surface area contributed by atoms with Gasteiger partial charge in [-0.15, -0.1) is 0 Å². The van der Waals surface area contributed by atoms with Gasteiger partial charge < -0.3 is 83.0 Å². The Kier molecular flexibility index (Phi) is 16.1. The van der Waals surface area contributed by atoms with Crippen molar-refractivity contribution in [3.05, 3.63) is 23.8 Å². The zero-order valence-electron chi connectivity index (χ0n) is 33.3. The smallest absolute Gasteiger partial charge is 0.248 e. The van der Waals surface area contributed by atoms with Crippen molar-refractivity contribution >= 4 is 41.4 Å². The van der Waals surface area contributed by atoms with Crippen molar-refractivity contribution in [3.63, 3.8) is 0 Å². The summed E-state index contributed by atoms with van der Waals surface area (Å²) in [7, 11) is 0. The lowest BCUT2D eigenvalue weighted by molar-refractivity contribution is -0.147. The maximum atomic E-state index is 14.3. The number of ether oxygens (including phenoxy) is 1. The number of aliphatic hydroxyl groups is 6. The van der Waals surface area contributed by atoms with E-state index in [1.165, 1.54) is 25.1 Å². The van der Waals surface area contributed by atoms with Crippen LogP contribution in [-0.2, 0) is 40.0 Å². The summed E-state index contributed by atoms with van der Waals surface area (Å²) in [5.74, 6) is -8.83. The molecule has 334 valence electrons. The molecule has 0 spiro atoms. The minimum atomic E-state index is -2.10. The highest BCUT2D eigenvalue weighted by atomic mass is 16.5. The molecule has 0 aromatic heterocycles. The van der Waals surface area contributed by atoms with Crippen molar-refractivity contribution in [1.29, 1.82) is 0 Å². The van der Waals surface area contributed by atoms with E-state index >= 15 is 0 Å². The zero-order valence-corrected chi connectivity index (χ0v) is 33.3. The second kappa shape index (κ2) is 20.4. The lowest BCUT2D eigenvalue weighted by Crippen LogP contribution is -2.64. The van der Waals surface area contributed by atoms with E-state index in [0.29, 0.717) is 0 Å². The Morgan fingerprint density at radius 1 is 0.850 bits per heavy atom. The van der Waals surface area contributed by atoms with E-state index in [0.717, 1.165) is 16.7 Å². The van der Waals surface area contributed by atoms with E-state index in [2.05, 4.69) is 21.3 Å². The number of phenolic OH excluding ortho intramolecular Hbond substituents is 1. The van der Waals surface area contributed by atoms with Crippen molar-refractivity contribution < 1.29 is 74.0 Å². The number of carbonyl (C=O) groups excluding carboxylic acids is 7. The monoisotopic (exact) mass is 852 g/mol. The lowest BCUT2D eigenvalue weighted by Gasteiger charge is -2.33. The van der Waals surface area contributed by atoms with Gasteiger partial charge in [0.15, 0.2) is 11.5 Å². The molecule has 3 aliphatic heterocycles. The van der Waals surface area contributed by atoms with Gasteiger partial charge in [-0.2, -0.15) is 0 Å². The van der Waals surface area contributed by atoms with E-state index < -0.39 is 159 Å². The number of aromatic hydroxyl groups is 1. The van der Waals surface area contributed by atoms with Gasteiger partial charge in [0.2, 0.25) is 41.4 Å². The first-order valence-corrected chi connectivity index (χ1v) is 19.5. The quantitative estimate of drug-likeness (QED) is 0.110. The Morgan fingerprint density at radius 3 is 2.12 bits per heavy atom. The van der Waals surface area contributed by atoms with Gasteiger partial charge in [-0.25, -0.2) is 0 Å². The largest absolute Gasteiger partial charge is 0.504 e. The second-order valence-corrected chi connectivity index (χ2v) is 15.5. The predicted octanol–water partition coefficient (Wildman–Crippen LogP) is -6.86. The third-order valence-corrected chi connectivity index (χ3v) is 10.7. The van der Waals surface area contributed by atoms with Crippen LogP contribution in [0.2, 0.25) is 0 Å². The van der Waals surface area contributed by atoms with Gasteiger partial charge in [-0.05, 0) is 38.0 Å². The van der Waals surface area contributed by atoms with Crippen LogP contribution < -0.4 is 37.5 Å². The molecule has 1 unspecified atom stereocenters. The molecule has 4 rings (SSSR count).